The van der Waals surface area contributed by atoms with Crippen LogP contribution in [0.15, 0.2) is 309 Å². The molecule has 5 nitrogen and oxygen atoms in total. The summed E-state index contributed by atoms with van der Waals surface area (Å²) in [6, 6.07) is 113. The maximum absolute atomic E-state index is 5.63. The molecule has 0 N–H and O–H groups in total. The predicted molar refractivity (Wildman–Crippen MR) is 373 cm³/mol. The summed E-state index contributed by atoms with van der Waals surface area (Å²) < 4.78 is 7.53. The highest BCUT2D eigenvalue weighted by molar-refractivity contribution is 6.15. The molecule has 0 atom stereocenters. The largest absolute Gasteiger partial charge is 0.309 e. The lowest BCUT2D eigenvalue weighted by molar-refractivity contribution is 1.15. The van der Waals surface area contributed by atoms with E-state index >= 15 is 0 Å². The minimum absolute atomic E-state index is 0.654. The average Bonchev–Trinajstić information content (AvgIpc) is 2.32. The third-order valence-corrected chi connectivity index (χ3v) is 18.0. The van der Waals surface area contributed by atoms with E-state index < -0.39 is 0 Å². The molecule has 0 bridgehead atoms. The lowest BCUT2D eigenvalue weighted by Gasteiger charge is -2.24. The monoisotopic (exact) mass is 1140 g/mol. The van der Waals surface area contributed by atoms with Crippen LogP contribution in [0.25, 0.3) is 161 Å². The maximum Gasteiger partial charge on any atom is 0.160 e. The normalized spacial score (nSPS) is 11.7. The number of aryl methyl sites for hydroxylation is 2. The van der Waals surface area contributed by atoms with Gasteiger partial charge in [0.25, 0.3) is 0 Å². The summed E-state index contributed by atoms with van der Waals surface area (Å²) in [5.41, 5.74) is 25.8. The lowest BCUT2D eigenvalue weighted by atomic mass is 9.90. The van der Waals surface area contributed by atoms with Crippen LogP contribution < -0.4 is 0 Å². The second-order valence-electron chi connectivity index (χ2n) is 23.4. The van der Waals surface area contributed by atoms with Crippen LogP contribution in [-0.2, 0) is 0 Å². The van der Waals surface area contributed by atoms with Crippen LogP contribution in [-0.4, -0.2) is 23.7 Å². The lowest BCUT2D eigenvalue weighted by Crippen LogP contribution is -2.06. The van der Waals surface area contributed by atoms with E-state index in [1.54, 1.807) is 0 Å². The van der Waals surface area contributed by atoms with Crippen molar-refractivity contribution in [1.29, 1.82) is 0 Å². The van der Waals surface area contributed by atoms with Crippen LogP contribution in [0.5, 0.6) is 0 Å². The predicted octanol–water partition coefficient (Wildman–Crippen LogP) is 22.1. The number of benzene rings is 13. The Morgan fingerprint density at radius 1 is 0.225 bits per heavy atom. The molecule has 0 unspecified atom stereocenters. The average molecular weight is 1140 g/mol. The van der Waals surface area contributed by atoms with Gasteiger partial charge in [-0.15, -0.1) is 0 Å². The van der Waals surface area contributed by atoms with Crippen molar-refractivity contribution in [2.45, 2.75) is 13.8 Å². The van der Waals surface area contributed by atoms with E-state index in [0.717, 1.165) is 122 Å². The fourth-order valence-electron chi connectivity index (χ4n) is 13.9. The Kier molecular flexibility index (Phi) is 12.3. The van der Waals surface area contributed by atoms with Crippen LogP contribution in [0.1, 0.15) is 11.1 Å². The highest BCUT2D eigenvalue weighted by Gasteiger charge is 2.28. The van der Waals surface area contributed by atoms with Crippen LogP contribution >= 0.6 is 0 Å². The standard InChI is InChI=1S/C84H57N5/c1-54-23-21-29-58(47-54)60-43-45-81-69(49-60)70-50-61(59-30-22-24-55(2)48-59)44-46-82(70)89(81)83-71(67-35-13-19-41-79(67)87-75-37-15-9-31-63(75)64-32-10-16-38-76(64)87)51-62(74-53-73(56-25-5-3-6-26-56)85-84(86-74)57-27-7-4-8-28-57)52-72(83)68-36-14-20-42-80(68)88-77-39-17-11-33-65(77)66-34-12-18-40-78(66)88/h3-53H,1-2H3. The summed E-state index contributed by atoms with van der Waals surface area (Å²) >= 11 is 0. The SMILES string of the molecule is Cc1cccc(-c2ccc3c(c2)c2cc(-c4cccc(C)c4)ccc2n3-c2c(-c3ccccc3-n3c4ccccc4c4ccccc43)cc(-c3cc(-c4ccccc4)nc(-c4ccccc4)n3)cc2-c2ccccc2-n2c3ccccc3c3ccccc32)c1. The highest BCUT2D eigenvalue weighted by atomic mass is 15.0. The maximum atomic E-state index is 5.63. The van der Waals surface area contributed by atoms with Gasteiger partial charge in [0, 0.05) is 71.3 Å². The Balaban J connectivity index is 1.06. The topological polar surface area (TPSA) is 40.6 Å². The van der Waals surface area contributed by atoms with Crippen molar-refractivity contribution < 1.29 is 0 Å². The molecule has 0 spiro atoms. The first-order valence-corrected chi connectivity index (χ1v) is 30.5. The highest BCUT2D eigenvalue weighted by Crippen LogP contribution is 2.49. The molecule has 17 rings (SSSR count). The summed E-state index contributed by atoms with van der Waals surface area (Å²) in [6.07, 6.45) is 0. The van der Waals surface area contributed by atoms with E-state index in [9.17, 15) is 0 Å². The molecule has 0 radical (unpaired) electrons. The van der Waals surface area contributed by atoms with Gasteiger partial charge in [-0.2, -0.15) is 0 Å². The molecule has 0 saturated carbocycles. The Hall–Kier alpha value is -11.7. The number of fused-ring (bicyclic) bond motifs is 9. The summed E-state index contributed by atoms with van der Waals surface area (Å²) in [6.45, 7) is 4.35. The van der Waals surface area contributed by atoms with Gasteiger partial charge in [0.05, 0.1) is 61.6 Å². The molecule has 0 fully saturated rings. The number of nitrogens with zero attached hydrogens (tertiary/aromatic N) is 5. The van der Waals surface area contributed by atoms with Gasteiger partial charge < -0.3 is 13.7 Å². The second kappa shape index (κ2) is 21.1. The Bertz CT molecular complexity index is 5200. The van der Waals surface area contributed by atoms with Gasteiger partial charge in [0.1, 0.15) is 0 Å². The fraction of sp³-hybridized carbons (Fsp3) is 0.0238. The van der Waals surface area contributed by atoms with Crippen molar-refractivity contribution in [1.82, 2.24) is 23.7 Å². The minimum Gasteiger partial charge on any atom is -0.309 e. The molecule has 4 aromatic heterocycles. The molecule has 0 saturated heterocycles. The van der Waals surface area contributed by atoms with Gasteiger partial charge in [-0.05, 0) is 115 Å². The molecular formula is C84H57N5. The van der Waals surface area contributed by atoms with Crippen molar-refractivity contribution >= 4 is 65.4 Å². The summed E-state index contributed by atoms with van der Waals surface area (Å²) in [5, 5.41) is 7.13. The zero-order chi connectivity index (χ0) is 59.1. The zero-order valence-electron chi connectivity index (χ0n) is 49.2. The van der Waals surface area contributed by atoms with Gasteiger partial charge >= 0.3 is 0 Å². The molecular weight excluding hydrogens is 1080 g/mol. The van der Waals surface area contributed by atoms with Crippen molar-refractivity contribution in [3.63, 3.8) is 0 Å². The molecule has 17 aromatic rings. The molecule has 0 aliphatic rings. The van der Waals surface area contributed by atoms with Crippen LogP contribution in [0, 0.1) is 13.8 Å². The summed E-state index contributed by atoms with van der Waals surface area (Å²) in [7, 11) is 0. The Morgan fingerprint density at radius 2 is 0.584 bits per heavy atom. The molecule has 0 aliphatic carbocycles. The van der Waals surface area contributed by atoms with E-state index in [4.69, 9.17) is 9.97 Å². The number of para-hydroxylation sites is 6. The third kappa shape index (κ3) is 8.69. The van der Waals surface area contributed by atoms with E-state index in [2.05, 4.69) is 331 Å². The van der Waals surface area contributed by atoms with Gasteiger partial charge in [-0.3, -0.25) is 0 Å². The molecule has 418 valence electrons. The Morgan fingerprint density at radius 3 is 1.03 bits per heavy atom. The number of hydrogen-bond acceptors (Lipinski definition) is 2. The van der Waals surface area contributed by atoms with E-state index in [1.807, 2.05) is 6.07 Å². The molecule has 0 amide bonds. The third-order valence-electron chi connectivity index (χ3n) is 18.0. The van der Waals surface area contributed by atoms with Gasteiger partial charge in [-0.25, -0.2) is 9.97 Å². The quantitative estimate of drug-likeness (QED) is 0.137. The molecule has 5 heteroatoms. The Labute approximate surface area is 516 Å². The smallest absolute Gasteiger partial charge is 0.160 e. The van der Waals surface area contributed by atoms with E-state index in [1.165, 1.54) is 43.8 Å². The summed E-state index contributed by atoms with van der Waals surface area (Å²) in [5.74, 6) is 0.654. The molecule has 0 aliphatic heterocycles. The number of rotatable bonds is 10. The van der Waals surface area contributed by atoms with Gasteiger partial charge in [-0.1, -0.05) is 242 Å². The van der Waals surface area contributed by atoms with Crippen molar-refractivity contribution in [2.24, 2.45) is 0 Å². The first-order valence-electron chi connectivity index (χ1n) is 30.5. The first kappa shape index (κ1) is 51.7. The van der Waals surface area contributed by atoms with Crippen molar-refractivity contribution in [3.05, 3.63) is 321 Å². The molecule has 4 heterocycles. The zero-order valence-corrected chi connectivity index (χ0v) is 49.2. The van der Waals surface area contributed by atoms with E-state index in [0.29, 0.717) is 5.82 Å². The van der Waals surface area contributed by atoms with Crippen LogP contribution in [0.2, 0.25) is 0 Å². The van der Waals surface area contributed by atoms with Gasteiger partial charge in [0.2, 0.25) is 0 Å². The van der Waals surface area contributed by atoms with Crippen LogP contribution in [0.3, 0.4) is 0 Å². The van der Waals surface area contributed by atoms with Crippen molar-refractivity contribution in [2.75, 3.05) is 0 Å². The van der Waals surface area contributed by atoms with Crippen LogP contribution in [0.4, 0.5) is 0 Å². The van der Waals surface area contributed by atoms with Gasteiger partial charge in [0.15, 0.2) is 5.82 Å². The van der Waals surface area contributed by atoms with Crippen molar-refractivity contribution in [3.8, 4) is 95.5 Å². The summed E-state index contributed by atoms with van der Waals surface area (Å²) in [4.78, 5) is 11.0. The molecule has 13 aromatic carbocycles. The second-order valence-corrected chi connectivity index (χ2v) is 23.4. The number of aromatic nitrogens is 5. The first-order chi connectivity index (χ1) is 44.0. The number of hydrogen-bond donors (Lipinski definition) is 0. The minimum atomic E-state index is 0.654. The fourth-order valence-corrected chi connectivity index (χ4v) is 13.9. The van der Waals surface area contributed by atoms with E-state index in [-0.39, 0.29) is 0 Å². The molecule has 89 heavy (non-hydrogen) atoms.